The van der Waals surface area contributed by atoms with Crippen molar-refractivity contribution in [2.45, 2.75) is 18.8 Å². The van der Waals surface area contributed by atoms with Gasteiger partial charge in [-0.2, -0.15) is 0 Å². The van der Waals surface area contributed by atoms with Gasteiger partial charge in [0.25, 0.3) is 0 Å². The Hall–Kier alpha value is -0.360. The molecule has 0 N–H and O–H groups in total. The highest BCUT2D eigenvalue weighted by molar-refractivity contribution is 14.1. The molecular formula is C12H15FINO. The normalized spacial score (nSPS) is 23.6. The smallest absolute Gasteiger partial charge is 0.123 e. The lowest BCUT2D eigenvalue weighted by Gasteiger charge is -2.24. The third-order valence-corrected chi connectivity index (χ3v) is 4.08. The monoisotopic (exact) mass is 335 g/mol. The Morgan fingerprint density at radius 1 is 1.56 bits per heavy atom. The maximum atomic E-state index is 13.3. The number of hydrogen-bond donors (Lipinski definition) is 0. The summed E-state index contributed by atoms with van der Waals surface area (Å²) in [7, 11) is 1.70. The Morgan fingerprint density at radius 3 is 3.00 bits per heavy atom. The van der Waals surface area contributed by atoms with Gasteiger partial charge in [-0.05, 0) is 30.2 Å². The van der Waals surface area contributed by atoms with E-state index >= 15 is 0 Å². The van der Waals surface area contributed by atoms with Crippen molar-refractivity contribution in [3.05, 3.63) is 29.6 Å². The van der Waals surface area contributed by atoms with E-state index in [0.717, 1.165) is 24.2 Å². The molecule has 0 aromatic heterocycles. The molecule has 4 heteroatoms. The molecule has 1 aliphatic heterocycles. The number of fused-ring (bicyclic) bond motifs is 1. The summed E-state index contributed by atoms with van der Waals surface area (Å²) in [4.78, 5) is 0. The van der Waals surface area contributed by atoms with Crippen LogP contribution < -0.4 is 3.11 Å². The molecule has 1 atom stereocenters. The molecule has 0 spiro atoms. The maximum absolute atomic E-state index is 13.3. The standard InChI is InChI=1S/C12H15FINO/c1-12(5-6-16-2)8-15(14)11-4-3-9(13)7-10(11)12/h3-4,7H,5-6,8H2,1-2H3. The molecule has 88 valence electrons. The highest BCUT2D eigenvalue weighted by atomic mass is 127. The lowest BCUT2D eigenvalue weighted by atomic mass is 9.82. The average Bonchev–Trinajstić information content (AvgIpc) is 2.49. The van der Waals surface area contributed by atoms with Gasteiger partial charge in [-0.25, -0.2) is 4.39 Å². The zero-order chi connectivity index (χ0) is 11.8. The van der Waals surface area contributed by atoms with Crippen LogP contribution in [-0.4, -0.2) is 20.3 Å². The zero-order valence-electron chi connectivity index (χ0n) is 9.46. The molecule has 0 saturated carbocycles. The van der Waals surface area contributed by atoms with E-state index < -0.39 is 0 Å². The van der Waals surface area contributed by atoms with Gasteiger partial charge in [-0.15, -0.1) is 0 Å². The second-order valence-electron chi connectivity index (χ2n) is 4.49. The first-order chi connectivity index (χ1) is 7.57. The van der Waals surface area contributed by atoms with Crippen molar-refractivity contribution in [3.63, 3.8) is 0 Å². The zero-order valence-corrected chi connectivity index (χ0v) is 11.6. The second-order valence-corrected chi connectivity index (χ2v) is 5.65. The first-order valence-electron chi connectivity index (χ1n) is 5.29. The van der Waals surface area contributed by atoms with Crippen molar-refractivity contribution in [1.29, 1.82) is 0 Å². The molecule has 16 heavy (non-hydrogen) atoms. The van der Waals surface area contributed by atoms with Crippen LogP contribution >= 0.6 is 22.9 Å². The van der Waals surface area contributed by atoms with Crippen molar-refractivity contribution in [1.82, 2.24) is 0 Å². The van der Waals surface area contributed by atoms with Crippen molar-refractivity contribution >= 4 is 28.6 Å². The van der Waals surface area contributed by atoms with Crippen molar-refractivity contribution in [2.75, 3.05) is 23.4 Å². The Morgan fingerprint density at radius 2 is 2.31 bits per heavy atom. The average molecular weight is 335 g/mol. The highest BCUT2D eigenvalue weighted by Crippen LogP contribution is 2.44. The Kier molecular flexibility index (Phi) is 3.39. The molecule has 2 nitrogen and oxygen atoms in total. The fraction of sp³-hybridized carbons (Fsp3) is 0.500. The lowest BCUT2D eigenvalue weighted by molar-refractivity contribution is 0.174. The van der Waals surface area contributed by atoms with Gasteiger partial charge in [-0.1, -0.05) is 6.92 Å². The number of ether oxygens (including phenoxy) is 1. The molecule has 0 aliphatic carbocycles. The van der Waals surface area contributed by atoms with Crippen LogP contribution in [0.5, 0.6) is 0 Å². The van der Waals surface area contributed by atoms with E-state index in [-0.39, 0.29) is 11.2 Å². The number of nitrogens with zero attached hydrogens (tertiary/aromatic N) is 1. The van der Waals surface area contributed by atoms with E-state index in [1.165, 1.54) is 6.07 Å². The third-order valence-electron chi connectivity index (χ3n) is 3.22. The summed E-state index contributed by atoms with van der Waals surface area (Å²) in [5.74, 6) is -0.158. The summed E-state index contributed by atoms with van der Waals surface area (Å²) in [6.07, 6.45) is 0.916. The molecule has 0 amide bonds. The van der Waals surface area contributed by atoms with Gasteiger partial charge in [-0.3, -0.25) is 0 Å². The van der Waals surface area contributed by atoms with Crippen molar-refractivity contribution in [3.8, 4) is 0 Å². The second kappa shape index (κ2) is 4.49. The number of rotatable bonds is 3. The van der Waals surface area contributed by atoms with E-state index in [1.54, 1.807) is 13.2 Å². The predicted molar refractivity (Wildman–Crippen MR) is 71.6 cm³/mol. The van der Waals surface area contributed by atoms with Crippen LogP contribution in [0.15, 0.2) is 18.2 Å². The number of benzene rings is 1. The summed E-state index contributed by atoms with van der Waals surface area (Å²) < 4.78 is 20.6. The first kappa shape index (κ1) is 12.1. The first-order valence-corrected chi connectivity index (χ1v) is 6.25. The molecular weight excluding hydrogens is 320 g/mol. The quantitative estimate of drug-likeness (QED) is 0.621. The minimum absolute atomic E-state index is 0.00532. The van der Waals surface area contributed by atoms with Gasteiger partial charge in [0.05, 0.1) is 22.9 Å². The fourth-order valence-corrected chi connectivity index (χ4v) is 3.39. The number of methoxy groups -OCH3 is 1. The lowest BCUT2D eigenvalue weighted by Crippen LogP contribution is -2.27. The summed E-state index contributed by atoms with van der Waals surface area (Å²) >= 11 is 2.28. The van der Waals surface area contributed by atoms with Crippen LogP contribution in [0.25, 0.3) is 0 Å². The van der Waals surface area contributed by atoms with Crippen molar-refractivity contribution in [2.24, 2.45) is 0 Å². The van der Waals surface area contributed by atoms with E-state index in [9.17, 15) is 4.39 Å². The predicted octanol–water partition coefficient (Wildman–Crippen LogP) is 3.29. The molecule has 0 saturated heterocycles. The molecule has 1 aromatic carbocycles. The van der Waals surface area contributed by atoms with E-state index in [4.69, 9.17) is 4.74 Å². The van der Waals surface area contributed by atoms with Gasteiger partial charge >= 0.3 is 0 Å². The summed E-state index contributed by atoms with van der Waals surface area (Å²) in [6, 6.07) is 5.03. The van der Waals surface area contributed by atoms with Gasteiger partial charge in [0.2, 0.25) is 0 Å². The number of hydrogen-bond acceptors (Lipinski definition) is 2. The van der Waals surface area contributed by atoms with Crippen LogP contribution in [0.2, 0.25) is 0 Å². The van der Waals surface area contributed by atoms with Crippen LogP contribution in [0.3, 0.4) is 0 Å². The molecule has 1 unspecified atom stereocenters. The fourth-order valence-electron chi connectivity index (χ4n) is 2.22. The minimum atomic E-state index is -0.158. The molecule has 1 aromatic rings. The Bertz CT molecular complexity index is 399. The maximum Gasteiger partial charge on any atom is 0.123 e. The molecule has 0 bridgehead atoms. The van der Waals surface area contributed by atoms with Gasteiger partial charge in [0.1, 0.15) is 5.82 Å². The summed E-state index contributed by atoms with van der Waals surface area (Å²) in [5, 5.41) is 0. The number of halogens is 2. The topological polar surface area (TPSA) is 12.5 Å². The van der Waals surface area contributed by atoms with Crippen LogP contribution in [-0.2, 0) is 10.2 Å². The van der Waals surface area contributed by atoms with E-state index in [2.05, 4.69) is 32.9 Å². The van der Waals surface area contributed by atoms with Gasteiger partial charge in [0, 0.05) is 31.4 Å². The SMILES string of the molecule is COCCC1(C)CN(I)c2ccc(F)cc21. The third kappa shape index (κ3) is 2.05. The van der Waals surface area contributed by atoms with Crippen LogP contribution in [0.1, 0.15) is 18.9 Å². The summed E-state index contributed by atoms with van der Waals surface area (Å²) in [5.41, 5.74) is 2.22. The molecule has 0 fully saturated rings. The Balaban J connectivity index is 2.36. The van der Waals surface area contributed by atoms with Crippen LogP contribution in [0.4, 0.5) is 10.1 Å². The van der Waals surface area contributed by atoms with E-state index in [0.29, 0.717) is 6.61 Å². The molecule has 1 heterocycles. The summed E-state index contributed by atoms with van der Waals surface area (Å²) in [6.45, 7) is 3.79. The van der Waals surface area contributed by atoms with E-state index in [1.807, 2.05) is 6.07 Å². The van der Waals surface area contributed by atoms with Crippen LogP contribution in [0, 0.1) is 5.82 Å². The Labute approximate surface area is 109 Å². The molecule has 0 radical (unpaired) electrons. The molecule has 1 aliphatic rings. The van der Waals surface area contributed by atoms with Gasteiger partial charge in [0.15, 0.2) is 0 Å². The molecule has 2 rings (SSSR count). The van der Waals surface area contributed by atoms with Crippen molar-refractivity contribution < 1.29 is 9.13 Å². The number of anilines is 1. The largest absolute Gasteiger partial charge is 0.385 e. The van der Waals surface area contributed by atoms with Gasteiger partial charge < -0.3 is 7.85 Å². The highest BCUT2D eigenvalue weighted by Gasteiger charge is 2.38. The minimum Gasteiger partial charge on any atom is -0.385 e.